The molecule has 0 aliphatic carbocycles. The third kappa shape index (κ3) is 4.10. The molecule has 0 saturated heterocycles. The Morgan fingerprint density at radius 3 is 2.84 bits per heavy atom. The molecule has 0 unspecified atom stereocenters. The van der Waals surface area contributed by atoms with E-state index in [1.54, 1.807) is 11.3 Å². The Morgan fingerprint density at radius 1 is 1.37 bits per heavy atom. The van der Waals surface area contributed by atoms with Gasteiger partial charge in [0.15, 0.2) is 0 Å². The maximum absolute atomic E-state index is 9.02. The van der Waals surface area contributed by atoms with Crippen LogP contribution in [0.5, 0.6) is 0 Å². The highest BCUT2D eigenvalue weighted by Gasteiger charge is 2.13. The topological polar surface area (TPSA) is 62.4 Å². The summed E-state index contributed by atoms with van der Waals surface area (Å²) in [5.41, 5.74) is 0. The van der Waals surface area contributed by atoms with Gasteiger partial charge in [-0.1, -0.05) is 6.92 Å². The second-order valence-corrected chi connectivity index (χ2v) is 6.57. The molecule has 0 radical (unpaired) electrons. The van der Waals surface area contributed by atoms with Crippen LogP contribution in [0.25, 0.3) is 10.8 Å². The van der Waals surface area contributed by atoms with Crippen LogP contribution in [-0.4, -0.2) is 39.9 Å². The van der Waals surface area contributed by atoms with Gasteiger partial charge in [0.05, 0.1) is 21.8 Å². The summed E-state index contributed by atoms with van der Waals surface area (Å²) in [6, 6.07) is 3.91. The van der Waals surface area contributed by atoms with Crippen molar-refractivity contribution in [2.24, 2.45) is 0 Å². The van der Waals surface area contributed by atoms with Crippen LogP contribution in [0.1, 0.15) is 19.2 Å². The third-order valence-electron chi connectivity index (χ3n) is 2.57. The van der Waals surface area contributed by atoms with E-state index in [9.17, 15) is 0 Å². The Morgan fingerprint density at radius 2 is 2.21 bits per heavy atom. The lowest BCUT2D eigenvalue weighted by atomic mass is 10.4. The molecule has 0 spiro atoms. The number of hydrogen-bond acceptors (Lipinski definition) is 6. The van der Waals surface area contributed by atoms with Crippen molar-refractivity contribution in [2.45, 2.75) is 19.9 Å². The van der Waals surface area contributed by atoms with Gasteiger partial charge < -0.3 is 9.52 Å². The fourth-order valence-corrected chi connectivity index (χ4v) is 3.07. The maximum atomic E-state index is 9.02. The van der Waals surface area contributed by atoms with Crippen LogP contribution in [0, 0.1) is 0 Å². The van der Waals surface area contributed by atoms with Crippen LogP contribution >= 0.6 is 27.3 Å². The Labute approximate surface area is 124 Å². The van der Waals surface area contributed by atoms with Gasteiger partial charge in [-0.3, -0.25) is 4.90 Å². The van der Waals surface area contributed by atoms with Gasteiger partial charge >= 0.3 is 0 Å². The summed E-state index contributed by atoms with van der Waals surface area (Å²) in [5, 5.41) is 17.1. The number of aliphatic hydroxyl groups is 1. The molecule has 0 bridgehead atoms. The molecule has 5 nitrogen and oxygen atoms in total. The van der Waals surface area contributed by atoms with Gasteiger partial charge in [-0.05, 0) is 41.0 Å². The van der Waals surface area contributed by atoms with Gasteiger partial charge in [-0.2, -0.15) is 0 Å². The number of hydrogen-bond donors (Lipinski definition) is 1. The highest BCUT2D eigenvalue weighted by atomic mass is 79.9. The first-order valence-corrected chi connectivity index (χ1v) is 7.75. The monoisotopic (exact) mass is 345 g/mol. The predicted octanol–water partition coefficient (Wildman–Crippen LogP) is 2.76. The molecule has 0 atom stereocenters. The van der Waals surface area contributed by atoms with Crippen LogP contribution in [0.3, 0.4) is 0 Å². The summed E-state index contributed by atoms with van der Waals surface area (Å²) >= 11 is 4.97. The van der Waals surface area contributed by atoms with E-state index in [1.807, 2.05) is 12.1 Å². The molecule has 19 heavy (non-hydrogen) atoms. The lowest BCUT2D eigenvalue weighted by molar-refractivity contribution is 0.179. The van der Waals surface area contributed by atoms with E-state index >= 15 is 0 Å². The van der Waals surface area contributed by atoms with Crippen molar-refractivity contribution < 1.29 is 9.52 Å². The zero-order chi connectivity index (χ0) is 13.7. The van der Waals surface area contributed by atoms with Gasteiger partial charge in [0.25, 0.3) is 5.89 Å². The molecule has 0 saturated carbocycles. The van der Waals surface area contributed by atoms with Crippen LogP contribution in [0.4, 0.5) is 0 Å². The highest BCUT2D eigenvalue weighted by Crippen LogP contribution is 2.30. The Bertz CT molecular complexity index is 509. The molecule has 7 heteroatoms. The number of thiophene rings is 1. The van der Waals surface area contributed by atoms with Gasteiger partial charge in [0.2, 0.25) is 5.89 Å². The Kier molecular flexibility index (Phi) is 5.50. The number of aliphatic hydroxyl groups excluding tert-OH is 1. The summed E-state index contributed by atoms with van der Waals surface area (Å²) in [5.74, 6) is 1.13. The number of halogens is 1. The first-order chi connectivity index (χ1) is 9.22. The predicted molar refractivity (Wildman–Crippen MR) is 78.0 cm³/mol. The zero-order valence-electron chi connectivity index (χ0n) is 10.7. The second-order valence-electron chi connectivity index (χ2n) is 4.10. The van der Waals surface area contributed by atoms with Crippen LogP contribution < -0.4 is 0 Å². The minimum absolute atomic E-state index is 0.138. The molecule has 2 rings (SSSR count). The first-order valence-electron chi connectivity index (χ1n) is 6.14. The summed E-state index contributed by atoms with van der Waals surface area (Å²) in [4.78, 5) is 3.05. The molecule has 2 heterocycles. The molecule has 2 aromatic rings. The Hall–Kier alpha value is -0.760. The van der Waals surface area contributed by atoms with Crippen molar-refractivity contribution in [3.8, 4) is 10.8 Å². The standard InChI is InChI=1S/C12H16BrN3O2S/c1-2-5-16(6-7-17)8-11-14-15-12(18-11)9-3-4-10(13)19-9/h3-4,17H,2,5-8H2,1H3. The van der Waals surface area contributed by atoms with Crippen molar-refractivity contribution in [2.75, 3.05) is 19.7 Å². The summed E-state index contributed by atoms with van der Waals surface area (Å²) in [6.07, 6.45) is 1.03. The molecular formula is C12H16BrN3O2S. The van der Waals surface area contributed by atoms with E-state index in [0.717, 1.165) is 21.6 Å². The summed E-state index contributed by atoms with van der Waals surface area (Å²) in [6.45, 7) is 4.35. The Balaban J connectivity index is 2.03. The first kappa shape index (κ1) is 14.6. The average molecular weight is 346 g/mol. The SMILES string of the molecule is CCCN(CCO)Cc1nnc(-c2ccc(Br)s2)o1. The van der Waals surface area contributed by atoms with E-state index in [2.05, 4.69) is 38.0 Å². The maximum Gasteiger partial charge on any atom is 0.257 e. The summed E-state index contributed by atoms with van der Waals surface area (Å²) in [7, 11) is 0. The molecule has 1 N–H and O–H groups in total. The lowest BCUT2D eigenvalue weighted by Gasteiger charge is -2.17. The van der Waals surface area contributed by atoms with E-state index in [1.165, 1.54) is 0 Å². The molecule has 0 aromatic carbocycles. The molecule has 2 aromatic heterocycles. The van der Waals surface area contributed by atoms with E-state index in [4.69, 9.17) is 9.52 Å². The molecule has 0 aliphatic rings. The van der Waals surface area contributed by atoms with E-state index in [-0.39, 0.29) is 6.61 Å². The fourth-order valence-electron chi connectivity index (χ4n) is 1.77. The van der Waals surface area contributed by atoms with Crippen molar-refractivity contribution in [3.05, 3.63) is 21.8 Å². The number of aromatic nitrogens is 2. The largest absolute Gasteiger partial charge is 0.419 e. The normalized spacial score (nSPS) is 11.4. The van der Waals surface area contributed by atoms with Gasteiger partial charge in [-0.15, -0.1) is 21.5 Å². The molecule has 0 fully saturated rings. The van der Waals surface area contributed by atoms with Crippen molar-refractivity contribution in [1.82, 2.24) is 15.1 Å². The average Bonchev–Trinajstić information content (AvgIpc) is 2.99. The fraction of sp³-hybridized carbons (Fsp3) is 0.500. The smallest absolute Gasteiger partial charge is 0.257 e. The van der Waals surface area contributed by atoms with Crippen molar-refractivity contribution in [3.63, 3.8) is 0 Å². The van der Waals surface area contributed by atoms with Crippen molar-refractivity contribution in [1.29, 1.82) is 0 Å². The van der Waals surface area contributed by atoms with E-state index in [0.29, 0.717) is 24.9 Å². The van der Waals surface area contributed by atoms with Crippen LogP contribution in [-0.2, 0) is 6.54 Å². The number of rotatable bonds is 7. The highest BCUT2D eigenvalue weighted by molar-refractivity contribution is 9.11. The molecule has 0 aliphatic heterocycles. The van der Waals surface area contributed by atoms with Crippen LogP contribution in [0.2, 0.25) is 0 Å². The third-order valence-corrected chi connectivity index (χ3v) is 4.18. The van der Waals surface area contributed by atoms with Gasteiger partial charge in [-0.25, -0.2) is 0 Å². The zero-order valence-corrected chi connectivity index (χ0v) is 13.1. The molecule has 0 amide bonds. The minimum Gasteiger partial charge on any atom is -0.419 e. The van der Waals surface area contributed by atoms with Gasteiger partial charge in [0.1, 0.15) is 0 Å². The minimum atomic E-state index is 0.138. The number of nitrogens with zero attached hydrogens (tertiary/aromatic N) is 3. The van der Waals surface area contributed by atoms with Crippen LogP contribution in [0.15, 0.2) is 20.3 Å². The van der Waals surface area contributed by atoms with E-state index < -0.39 is 0 Å². The second kappa shape index (κ2) is 7.14. The van der Waals surface area contributed by atoms with Crippen molar-refractivity contribution >= 4 is 27.3 Å². The molecular weight excluding hydrogens is 330 g/mol. The lowest BCUT2D eigenvalue weighted by Crippen LogP contribution is -2.27. The molecule has 104 valence electrons. The summed E-state index contributed by atoms with van der Waals surface area (Å²) < 4.78 is 6.69. The van der Waals surface area contributed by atoms with Gasteiger partial charge in [0, 0.05) is 6.54 Å². The quantitative estimate of drug-likeness (QED) is 0.835.